The number of nitrogens with one attached hydrogen (secondary N) is 2. The molecular weight excluding hydrogens is 232 g/mol. The van der Waals surface area contributed by atoms with Crippen LogP contribution in [-0.4, -0.2) is 28.8 Å². The Morgan fingerprint density at radius 1 is 1.35 bits per heavy atom. The standard InChI is InChI=1S/C12H18N4S/c1-17-12-15-10-5-6-13-7-9(10)11(16-12)14-8-3-2-4-8/h8,13H,2-7H2,1H3,(H,14,15,16). The second kappa shape index (κ2) is 4.82. The van der Waals surface area contributed by atoms with E-state index in [4.69, 9.17) is 0 Å². The van der Waals surface area contributed by atoms with Crippen LogP contribution in [0.4, 0.5) is 5.82 Å². The molecule has 0 radical (unpaired) electrons. The van der Waals surface area contributed by atoms with Crippen molar-refractivity contribution in [2.75, 3.05) is 18.1 Å². The summed E-state index contributed by atoms with van der Waals surface area (Å²) in [7, 11) is 0. The van der Waals surface area contributed by atoms with Crippen LogP contribution in [0.3, 0.4) is 0 Å². The Labute approximate surface area is 106 Å². The number of anilines is 1. The Morgan fingerprint density at radius 3 is 2.94 bits per heavy atom. The summed E-state index contributed by atoms with van der Waals surface area (Å²) in [5.41, 5.74) is 2.51. The van der Waals surface area contributed by atoms with E-state index in [0.717, 1.165) is 30.5 Å². The molecule has 5 heteroatoms. The number of hydrogen-bond acceptors (Lipinski definition) is 5. The van der Waals surface area contributed by atoms with E-state index < -0.39 is 0 Å². The Morgan fingerprint density at radius 2 is 2.24 bits per heavy atom. The van der Waals surface area contributed by atoms with Gasteiger partial charge in [-0.1, -0.05) is 11.8 Å². The highest BCUT2D eigenvalue weighted by Crippen LogP contribution is 2.28. The van der Waals surface area contributed by atoms with Gasteiger partial charge in [0, 0.05) is 31.1 Å². The molecule has 17 heavy (non-hydrogen) atoms. The fourth-order valence-corrected chi connectivity index (χ4v) is 2.66. The first-order valence-corrected chi connectivity index (χ1v) is 7.50. The quantitative estimate of drug-likeness (QED) is 0.633. The minimum Gasteiger partial charge on any atom is -0.367 e. The van der Waals surface area contributed by atoms with Crippen molar-refractivity contribution in [3.8, 4) is 0 Å². The van der Waals surface area contributed by atoms with E-state index in [0.29, 0.717) is 6.04 Å². The van der Waals surface area contributed by atoms with Crippen LogP contribution >= 0.6 is 11.8 Å². The molecule has 3 rings (SSSR count). The van der Waals surface area contributed by atoms with Crippen LogP contribution in [0.2, 0.25) is 0 Å². The molecule has 1 fully saturated rings. The molecule has 0 amide bonds. The lowest BCUT2D eigenvalue weighted by Crippen LogP contribution is -2.31. The molecule has 4 nitrogen and oxygen atoms in total. The van der Waals surface area contributed by atoms with Crippen LogP contribution in [0.15, 0.2) is 5.16 Å². The van der Waals surface area contributed by atoms with Gasteiger partial charge >= 0.3 is 0 Å². The van der Waals surface area contributed by atoms with Crippen molar-refractivity contribution in [1.82, 2.24) is 15.3 Å². The predicted molar refractivity (Wildman–Crippen MR) is 70.5 cm³/mol. The molecule has 0 spiro atoms. The minimum absolute atomic E-state index is 0.630. The van der Waals surface area contributed by atoms with Crippen molar-refractivity contribution < 1.29 is 0 Å². The molecule has 1 aliphatic heterocycles. The van der Waals surface area contributed by atoms with Gasteiger partial charge in [0.25, 0.3) is 0 Å². The molecule has 0 unspecified atom stereocenters. The molecule has 92 valence electrons. The lowest BCUT2D eigenvalue weighted by atomic mass is 9.93. The van der Waals surface area contributed by atoms with Crippen molar-refractivity contribution in [2.45, 2.75) is 43.4 Å². The molecule has 1 saturated carbocycles. The molecule has 0 saturated heterocycles. The first kappa shape index (κ1) is 11.3. The third-order valence-electron chi connectivity index (χ3n) is 3.54. The van der Waals surface area contributed by atoms with E-state index in [2.05, 4.69) is 20.6 Å². The fourth-order valence-electron chi connectivity index (χ4n) is 2.28. The number of rotatable bonds is 3. The highest BCUT2D eigenvalue weighted by molar-refractivity contribution is 7.98. The van der Waals surface area contributed by atoms with Gasteiger partial charge in [0.05, 0.1) is 5.69 Å². The zero-order valence-corrected chi connectivity index (χ0v) is 10.9. The molecule has 2 aliphatic rings. The number of thioether (sulfide) groups is 1. The summed E-state index contributed by atoms with van der Waals surface area (Å²) in [5, 5.41) is 7.87. The average Bonchev–Trinajstić information content (AvgIpc) is 2.33. The Hall–Kier alpha value is -0.810. The molecule has 0 atom stereocenters. The molecule has 0 aromatic carbocycles. The van der Waals surface area contributed by atoms with Crippen LogP contribution in [-0.2, 0) is 13.0 Å². The maximum atomic E-state index is 4.63. The highest BCUT2D eigenvalue weighted by Gasteiger charge is 2.22. The third kappa shape index (κ3) is 2.26. The zero-order valence-electron chi connectivity index (χ0n) is 10.1. The van der Waals surface area contributed by atoms with Gasteiger partial charge in [0.1, 0.15) is 5.82 Å². The van der Waals surface area contributed by atoms with Crippen molar-refractivity contribution in [3.63, 3.8) is 0 Å². The second-order valence-electron chi connectivity index (χ2n) is 4.68. The first-order chi connectivity index (χ1) is 8.36. The van der Waals surface area contributed by atoms with E-state index in [1.807, 2.05) is 6.26 Å². The molecule has 2 heterocycles. The summed E-state index contributed by atoms with van der Waals surface area (Å²) >= 11 is 1.63. The summed E-state index contributed by atoms with van der Waals surface area (Å²) in [5.74, 6) is 1.07. The van der Waals surface area contributed by atoms with Crippen molar-refractivity contribution >= 4 is 17.6 Å². The predicted octanol–water partition coefficient (Wildman–Crippen LogP) is 1.81. The monoisotopic (exact) mass is 250 g/mol. The lowest BCUT2D eigenvalue weighted by molar-refractivity contribution is 0.443. The zero-order chi connectivity index (χ0) is 11.7. The topological polar surface area (TPSA) is 49.8 Å². The number of hydrogen-bond donors (Lipinski definition) is 2. The van der Waals surface area contributed by atoms with E-state index in [9.17, 15) is 0 Å². The summed E-state index contributed by atoms with van der Waals surface area (Å²) < 4.78 is 0. The van der Waals surface area contributed by atoms with Gasteiger partial charge in [-0.25, -0.2) is 9.97 Å². The smallest absolute Gasteiger partial charge is 0.189 e. The average molecular weight is 250 g/mol. The highest BCUT2D eigenvalue weighted by atomic mass is 32.2. The molecule has 1 aromatic heterocycles. The van der Waals surface area contributed by atoms with E-state index in [1.165, 1.54) is 30.5 Å². The second-order valence-corrected chi connectivity index (χ2v) is 5.46. The minimum atomic E-state index is 0.630. The van der Waals surface area contributed by atoms with Gasteiger partial charge in [-0.3, -0.25) is 0 Å². The molecule has 0 bridgehead atoms. The van der Waals surface area contributed by atoms with Crippen molar-refractivity contribution in [1.29, 1.82) is 0 Å². The SMILES string of the molecule is CSc1nc2c(c(NC3CCC3)n1)CNCC2. The van der Waals surface area contributed by atoms with Gasteiger partial charge in [0.2, 0.25) is 0 Å². The van der Waals surface area contributed by atoms with Gasteiger partial charge in [-0.15, -0.1) is 0 Å². The number of fused-ring (bicyclic) bond motifs is 1. The van der Waals surface area contributed by atoms with Gasteiger partial charge in [-0.2, -0.15) is 0 Å². The summed E-state index contributed by atoms with van der Waals surface area (Å²) in [4.78, 5) is 9.24. The first-order valence-electron chi connectivity index (χ1n) is 6.28. The van der Waals surface area contributed by atoms with Gasteiger partial charge in [-0.05, 0) is 25.5 Å². The van der Waals surface area contributed by atoms with Crippen LogP contribution in [0.1, 0.15) is 30.5 Å². The van der Waals surface area contributed by atoms with E-state index in [-0.39, 0.29) is 0 Å². The third-order valence-corrected chi connectivity index (χ3v) is 4.09. The lowest BCUT2D eigenvalue weighted by Gasteiger charge is -2.29. The molecule has 1 aromatic rings. The van der Waals surface area contributed by atoms with Crippen LogP contribution in [0.25, 0.3) is 0 Å². The maximum Gasteiger partial charge on any atom is 0.189 e. The largest absolute Gasteiger partial charge is 0.367 e. The number of nitrogens with zero attached hydrogens (tertiary/aromatic N) is 2. The normalized spacial score (nSPS) is 19.6. The van der Waals surface area contributed by atoms with E-state index >= 15 is 0 Å². The van der Waals surface area contributed by atoms with Gasteiger partial charge in [0.15, 0.2) is 5.16 Å². The summed E-state index contributed by atoms with van der Waals surface area (Å²) in [6.45, 7) is 1.93. The van der Waals surface area contributed by atoms with E-state index in [1.54, 1.807) is 11.8 Å². The molecule has 2 N–H and O–H groups in total. The van der Waals surface area contributed by atoms with Gasteiger partial charge < -0.3 is 10.6 Å². The maximum absolute atomic E-state index is 4.63. The summed E-state index contributed by atoms with van der Waals surface area (Å²) in [6.07, 6.45) is 6.96. The summed E-state index contributed by atoms with van der Waals surface area (Å²) in [6, 6.07) is 0.630. The number of aromatic nitrogens is 2. The Balaban J connectivity index is 1.92. The Bertz CT molecular complexity index is 417. The fraction of sp³-hybridized carbons (Fsp3) is 0.667. The van der Waals surface area contributed by atoms with Crippen LogP contribution in [0, 0.1) is 0 Å². The van der Waals surface area contributed by atoms with Crippen LogP contribution < -0.4 is 10.6 Å². The molecular formula is C12H18N4S. The van der Waals surface area contributed by atoms with Crippen LogP contribution in [0.5, 0.6) is 0 Å². The molecule has 1 aliphatic carbocycles. The van der Waals surface area contributed by atoms with Crippen molar-refractivity contribution in [2.24, 2.45) is 0 Å². The van der Waals surface area contributed by atoms with Crippen molar-refractivity contribution in [3.05, 3.63) is 11.3 Å². The Kier molecular flexibility index (Phi) is 3.20.